The van der Waals surface area contributed by atoms with Gasteiger partial charge in [-0.05, 0) is 67.6 Å². The lowest BCUT2D eigenvalue weighted by atomic mass is 9.99. The first-order valence-corrected chi connectivity index (χ1v) is 11.4. The van der Waals surface area contributed by atoms with E-state index >= 15 is 0 Å². The molecule has 2 aromatic rings. The molecule has 0 saturated heterocycles. The van der Waals surface area contributed by atoms with Crippen LogP contribution in [0.5, 0.6) is 0 Å². The average molecular weight is 423 g/mol. The lowest BCUT2D eigenvalue weighted by Gasteiger charge is -2.25. The summed E-state index contributed by atoms with van der Waals surface area (Å²) in [5.41, 5.74) is 4.48. The SMILES string of the molecule is CC[C@H](NC(=O)CN(c1ccc(Cl)cc1C)S(C)(=O)=O)c1ccc(C)c(C)c1. The summed E-state index contributed by atoms with van der Waals surface area (Å²) in [4.78, 5) is 12.7. The van der Waals surface area contributed by atoms with Crippen LogP contribution in [0.2, 0.25) is 5.02 Å². The molecule has 0 aromatic heterocycles. The van der Waals surface area contributed by atoms with Crippen molar-refractivity contribution >= 4 is 33.2 Å². The number of anilines is 1. The molecule has 1 N–H and O–H groups in total. The van der Waals surface area contributed by atoms with Crippen molar-refractivity contribution in [2.24, 2.45) is 0 Å². The van der Waals surface area contributed by atoms with Gasteiger partial charge in [-0.3, -0.25) is 9.10 Å². The number of carbonyl (C=O) groups excluding carboxylic acids is 1. The van der Waals surface area contributed by atoms with Gasteiger partial charge in [0.2, 0.25) is 15.9 Å². The summed E-state index contributed by atoms with van der Waals surface area (Å²) in [6, 6.07) is 10.8. The van der Waals surface area contributed by atoms with Crippen LogP contribution in [0.1, 0.15) is 41.6 Å². The van der Waals surface area contributed by atoms with Gasteiger partial charge in [0.15, 0.2) is 0 Å². The predicted octanol–water partition coefficient (Wildman–Crippen LogP) is 4.30. The van der Waals surface area contributed by atoms with Crippen molar-refractivity contribution in [2.45, 2.75) is 40.2 Å². The van der Waals surface area contributed by atoms with Gasteiger partial charge in [0.25, 0.3) is 0 Å². The molecule has 0 unspecified atom stereocenters. The van der Waals surface area contributed by atoms with Gasteiger partial charge in [0, 0.05) is 5.02 Å². The third-order valence-corrected chi connectivity index (χ3v) is 6.15. The summed E-state index contributed by atoms with van der Waals surface area (Å²) in [7, 11) is -3.64. The highest BCUT2D eigenvalue weighted by Gasteiger charge is 2.24. The Balaban J connectivity index is 2.24. The molecule has 7 heteroatoms. The molecule has 1 amide bonds. The minimum Gasteiger partial charge on any atom is -0.348 e. The second kappa shape index (κ2) is 8.97. The van der Waals surface area contributed by atoms with Crippen molar-refractivity contribution in [1.82, 2.24) is 5.32 Å². The van der Waals surface area contributed by atoms with Crippen LogP contribution in [-0.4, -0.2) is 27.1 Å². The van der Waals surface area contributed by atoms with Crippen molar-refractivity contribution in [3.63, 3.8) is 0 Å². The number of nitrogens with one attached hydrogen (secondary N) is 1. The fourth-order valence-electron chi connectivity index (χ4n) is 3.05. The molecule has 0 aliphatic heterocycles. The molecule has 2 aromatic carbocycles. The highest BCUT2D eigenvalue weighted by Crippen LogP contribution is 2.26. The van der Waals surface area contributed by atoms with Gasteiger partial charge >= 0.3 is 0 Å². The third-order valence-electron chi connectivity index (χ3n) is 4.79. The van der Waals surface area contributed by atoms with Crippen LogP contribution in [-0.2, 0) is 14.8 Å². The van der Waals surface area contributed by atoms with Gasteiger partial charge < -0.3 is 5.32 Å². The van der Waals surface area contributed by atoms with E-state index in [9.17, 15) is 13.2 Å². The summed E-state index contributed by atoms with van der Waals surface area (Å²) in [5, 5.41) is 3.48. The first-order valence-electron chi connectivity index (χ1n) is 9.13. The van der Waals surface area contributed by atoms with Crippen molar-refractivity contribution in [3.05, 3.63) is 63.7 Å². The Morgan fingerprint density at radius 1 is 1.07 bits per heavy atom. The largest absolute Gasteiger partial charge is 0.348 e. The molecule has 0 aliphatic carbocycles. The summed E-state index contributed by atoms with van der Waals surface area (Å²) < 4.78 is 25.8. The minimum atomic E-state index is -3.64. The number of rotatable bonds is 7. The number of sulfonamides is 1. The van der Waals surface area contributed by atoms with Crippen LogP contribution in [0.4, 0.5) is 5.69 Å². The second-order valence-corrected chi connectivity index (χ2v) is 9.42. The van der Waals surface area contributed by atoms with Crippen molar-refractivity contribution in [3.8, 4) is 0 Å². The number of aryl methyl sites for hydroxylation is 3. The van der Waals surface area contributed by atoms with Gasteiger partial charge in [0.05, 0.1) is 18.0 Å². The highest BCUT2D eigenvalue weighted by atomic mass is 35.5. The van der Waals surface area contributed by atoms with Crippen LogP contribution in [0.15, 0.2) is 36.4 Å². The molecule has 5 nitrogen and oxygen atoms in total. The summed E-state index contributed by atoms with van der Waals surface area (Å²) >= 11 is 5.97. The topological polar surface area (TPSA) is 66.5 Å². The molecule has 152 valence electrons. The van der Waals surface area contributed by atoms with Gasteiger partial charge in [-0.15, -0.1) is 0 Å². The van der Waals surface area contributed by atoms with E-state index in [2.05, 4.69) is 11.4 Å². The quantitative estimate of drug-likeness (QED) is 0.723. The Labute approximate surface area is 172 Å². The maximum absolute atomic E-state index is 12.7. The van der Waals surface area contributed by atoms with Crippen molar-refractivity contribution in [1.29, 1.82) is 0 Å². The van der Waals surface area contributed by atoms with Crippen molar-refractivity contribution in [2.75, 3.05) is 17.1 Å². The number of halogens is 1. The monoisotopic (exact) mass is 422 g/mol. The predicted molar refractivity (Wildman–Crippen MR) is 115 cm³/mol. The zero-order valence-electron chi connectivity index (χ0n) is 16.9. The number of carbonyl (C=O) groups is 1. The molecule has 0 spiro atoms. The van der Waals surface area contributed by atoms with Gasteiger partial charge in [0.1, 0.15) is 6.54 Å². The Kier molecular flexibility index (Phi) is 7.12. The van der Waals surface area contributed by atoms with Crippen LogP contribution in [0.3, 0.4) is 0 Å². The van der Waals surface area contributed by atoms with Crippen molar-refractivity contribution < 1.29 is 13.2 Å². The number of amides is 1. The van der Waals surface area contributed by atoms with Crippen LogP contribution < -0.4 is 9.62 Å². The highest BCUT2D eigenvalue weighted by molar-refractivity contribution is 7.92. The standard InChI is InChI=1S/C21H27ClN2O3S/c1-6-19(17-8-7-14(2)15(3)11-17)23-21(25)13-24(28(5,26)27)20-10-9-18(22)12-16(20)4/h7-12,19H,6,13H2,1-5H3,(H,23,25)/t19-/m0/s1. The Morgan fingerprint density at radius 3 is 2.29 bits per heavy atom. The molecular formula is C21H27ClN2O3S. The van der Waals surface area contributed by atoms with Crippen LogP contribution in [0, 0.1) is 20.8 Å². The number of hydrogen-bond donors (Lipinski definition) is 1. The van der Waals surface area contributed by atoms with E-state index in [0.717, 1.165) is 21.7 Å². The lowest BCUT2D eigenvalue weighted by Crippen LogP contribution is -2.41. The molecule has 0 saturated carbocycles. The third kappa shape index (κ3) is 5.49. The molecule has 0 fully saturated rings. The smallest absolute Gasteiger partial charge is 0.241 e. The van der Waals surface area contributed by atoms with E-state index in [4.69, 9.17) is 11.6 Å². The minimum absolute atomic E-state index is 0.181. The van der Waals surface area contributed by atoms with Gasteiger partial charge in [-0.1, -0.05) is 36.7 Å². The molecule has 0 heterocycles. The summed E-state index contributed by atoms with van der Waals surface area (Å²) in [5.74, 6) is -0.357. The molecule has 28 heavy (non-hydrogen) atoms. The van der Waals surface area contributed by atoms with E-state index in [1.807, 2.05) is 32.9 Å². The lowest BCUT2D eigenvalue weighted by molar-refractivity contribution is -0.120. The fourth-order valence-corrected chi connectivity index (χ4v) is 4.19. The van der Waals surface area contributed by atoms with E-state index in [1.165, 1.54) is 5.56 Å². The fraction of sp³-hybridized carbons (Fsp3) is 0.381. The molecule has 0 radical (unpaired) electrons. The Hall–Kier alpha value is -2.05. The van der Waals surface area contributed by atoms with Crippen LogP contribution >= 0.6 is 11.6 Å². The number of nitrogens with zero attached hydrogens (tertiary/aromatic N) is 1. The van der Waals surface area contributed by atoms with Crippen LogP contribution in [0.25, 0.3) is 0 Å². The van der Waals surface area contributed by atoms with E-state index in [1.54, 1.807) is 25.1 Å². The maximum atomic E-state index is 12.7. The normalized spacial score (nSPS) is 12.5. The number of benzene rings is 2. The molecular weight excluding hydrogens is 396 g/mol. The molecule has 0 bridgehead atoms. The van der Waals surface area contributed by atoms with E-state index in [0.29, 0.717) is 22.7 Å². The zero-order valence-corrected chi connectivity index (χ0v) is 18.5. The first-order chi connectivity index (χ1) is 13.0. The number of hydrogen-bond acceptors (Lipinski definition) is 3. The zero-order chi connectivity index (χ0) is 21.1. The van der Waals surface area contributed by atoms with E-state index in [-0.39, 0.29) is 18.5 Å². The first kappa shape index (κ1) is 22.2. The Morgan fingerprint density at radius 2 is 1.75 bits per heavy atom. The summed E-state index contributed by atoms with van der Waals surface area (Å²) in [6.07, 6.45) is 1.79. The average Bonchev–Trinajstić information content (AvgIpc) is 2.60. The Bertz CT molecular complexity index is 974. The van der Waals surface area contributed by atoms with E-state index < -0.39 is 10.0 Å². The summed E-state index contributed by atoms with van der Waals surface area (Å²) in [6.45, 7) is 7.53. The maximum Gasteiger partial charge on any atom is 0.241 e. The van der Waals surface area contributed by atoms with Gasteiger partial charge in [-0.25, -0.2) is 8.42 Å². The molecule has 2 rings (SSSR count). The molecule has 1 atom stereocenters. The second-order valence-electron chi connectivity index (χ2n) is 7.07. The molecule has 0 aliphatic rings. The van der Waals surface area contributed by atoms with Gasteiger partial charge in [-0.2, -0.15) is 0 Å².